The van der Waals surface area contributed by atoms with Crippen molar-refractivity contribution < 1.29 is 0 Å². The third-order valence-corrected chi connectivity index (χ3v) is 3.85. The lowest BCUT2D eigenvalue weighted by Gasteiger charge is -2.05. The molecule has 0 atom stereocenters. The highest BCUT2D eigenvalue weighted by Crippen LogP contribution is 2.22. The average molecular weight is 261 g/mol. The van der Waals surface area contributed by atoms with Gasteiger partial charge in [-0.25, -0.2) is 4.98 Å². The van der Waals surface area contributed by atoms with Crippen LogP contribution in [0, 0.1) is 0 Å². The Labute approximate surface area is 113 Å². The highest BCUT2D eigenvalue weighted by atomic mass is 32.2. The van der Waals surface area contributed by atoms with Crippen LogP contribution in [0.15, 0.2) is 41.7 Å². The van der Waals surface area contributed by atoms with Crippen LogP contribution in [0.4, 0.5) is 0 Å². The van der Waals surface area contributed by atoms with Gasteiger partial charge in [0.15, 0.2) is 0 Å². The Morgan fingerprint density at radius 3 is 2.67 bits per heavy atom. The quantitative estimate of drug-likeness (QED) is 0.811. The van der Waals surface area contributed by atoms with E-state index in [4.69, 9.17) is 0 Å². The number of aryl methyl sites for hydroxylation is 1. The van der Waals surface area contributed by atoms with Crippen LogP contribution < -0.4 is 5.32 Å². The maximum Gasteiger partial charge on any atom is 0.0945 e. The van der Waals surface area contributed by atoms with E-state index in [0.29, 0.717) is 0 Å². The molecule has 0 fully saturated rings. The van der Waals surface area contributed by atoms with Crippen molar-refractivity contribution in [3.63, 3.8) is 0 Å². The number of aromatic nitrogens is 2. The Morgan fingerprint density at radius 2 is 2.06 bits per heavy atom. The van der Waals surface area contributed by atoms with E-state index in [9.17, 15) is 0 Å². The third kappa shape index (κ3) is 3.62. The Bertz CT molecular complexity index is 476. The number of hydrogen-bond acceptors (Lipinski definition) is 3. The summed E-state index contributed by atoms with van der Waals surface area (Å²) < 4.78 is 2.06. The fourth-order valence-electron chi connectivity index (χ4n) is 1.65. The molecule has 3 nitrogen and oxygen atoms in total. The minimum absolute atomic E-state index is 0.948. The molecule has 96 valence electrons. The van der Waals surface area contributed by atoms with Crippen molar-refractivity contribution in [3.8, 4) is 0 Å². The molecule has 0 aliphatic rings. The molecule has 4 heteroatoms. The lowest BCUT2D eigenvalue weighted by molar-refractivity contribution is 0.726. The van der Waals surface area contributed by atoms with Gasteiger partial charge in [0, 0.05) is 36.1 Å². The molecule has 1 aromatic carbocycles. The summed E-state index contributed by atoms with van der Waals surface area (Å²) in [5.74, 6) is 0.961. The van der Waals surface area contributed by atoms with Crippen LogP contribution in [0.5, 0.6) is 0 Å². The van der Waals surface area contributed by atoms with Crippen molar-refractivity contribution in [2.75, 3.05) is 6.54 Å². The molecule has 0 saturated heterocycles. The normalized spacial score (nSPS) is 10.8. The van der Waals surface area contributed by atoms with E-state index >= 15 is 0 Å². The number of imidazole rings is 1. The van der Waals surface area contributed by atoms with E-state index < -0.39 is 0 Å². The van der Waals surface area contributed by atoms with Crippen LogP contribution in [0.1, 0.15) is 18.2 Å². The van der Waals surface area contributed by atoms with Gasteiger partial charge in [-0.3, -0.25) is 0 Å². The molecule has 0 radical (unpaired) electrons. The Balaban J connectivity index is 1.88. The van der Waals surface area contributed by atoms with E-state index in [2.05, 4.69) is 46.1 Å². The Kier molecular flexibility index (Phi) is 4.84. The lowest BCUT2D eigenvalue weighted by Crippen LogP contribution is -2.11. The van der Waals surface area contributed by atoms with E-state index in [0.717, 1.165) is 18.8 Å². The van der Waals surface area contributed by atoms with Crippen molar-refractivity contribution in [3.05, 3.63) is 48.0 Å². The summed E-state index contributed by atoms with van der Waals surface area (Å²) in [4.78, 5) is 5.43. The number of hydrogen-bond donors (Lipinski definition) is 1. The van der Waals surface area contributed by atoms with Gasteiger partial charge in [-0.05, 0) is 24.2 Å². The highest BCUT2D eigenvalue weighted by Gasteiger charge is 2.00. The summed E-state index contributed by atoms with van der Waals surface area (Å²) in [6.45, 7) is 4.08. The predicted octanol–water partition coefficient (Wildman–Crippen LogP) is 2.82. The first-order valence-electron chi connectivity index (χ1n) is 6.17. The van der Waals surface area contributed by atoms with Gasteiger partial charge in [0.1, 0.15) is 0 Å². The molecule has 0 spiro atoms. The highest BCUT2D eigenvalue weighted by molar-refractivity contribution is 7.98. The van der Waals surface area contributed by atoms with Gasteiger partial charge in [-0.2, -0.15) is 0 Å². The van der Waals surface area contributed by atoms with Crippen LogP contribution in [0.25, 0.3) is 0 Å². The number of nitrogens with zero attached hydrogens (tertiary/aromatic N) is 2. The van der Waals surface area contributed by atoms with Gasteiger partial charge in [0.25, 0.3) is 0 Å². The largest absolute Gasteiger partial charge is 0.337 e. The van der Waals surface area contributed by atoms with Gasteiger partial charge < -0.3 is 9.88 Å². The van der Waals surface area contributed by atoms with E-state index in [1.165, 1.54) is 16.2 Å². The molecule has 0 bridgehead atoms. The molecule has 18 heavy (non-hydrogen) atoms. The van der Waals surface area contributed by atoms with Crippen LogP contribution in [-0.2, 0) is 19.3 Å². The van der Waals surface area contributed by atoms with Crippen molar-refractivity contribution in [1.29, 1.82) is 0 Å². The van der Waals surface area contributed by atoms with Crippen molar-refractivity contribution in [2.45, 2.75) is 24.1 Å². The minimum atomic E-state index is 0.948. The molecule has 1 aromatic heterocycles. The van der Waals surface area contributed by atoms with E-state index in [1.54, 1.807) is 0 Å². The van der Waals surface area contributed by atoms with Crippen molar-refractivity contribution >= 4 is 11.8 Å². The topological polar surface area (TPSA) is 29.9 Å². The maximum atomic E-state index is 4.12. The average Bonchev–Trinajstić information content (AvgIpc) is 2.81. The maximum absolute atomic E-state index is 4.12. The van der Waals surface area contributed by atoms with Gasteiger partial charge in [-0.1, -0.05) is 19.1 Å². The summed E-state index contributed by atoms with van der Waals surface area (Å²) >= 11 is 1.84. The SMILES string of the molecule is CCNCc1ccc(SCc2cncn2C)cc1. The van der Waals surface area contributed by atoms with E-state index in [-0.39, 0.29) is 0 Å². The van der Waals surface area contributed by atoms with Crippen molar-refractivity contribution in [1.82, 2.24) is 14.9 Å². The molecule has 0 amide bonds. The fourth-order valence-corrected chi connectivity index (χ4v) is 2.58. The molecule has 1 heterocycles. The molecule has 1 N–H and O–H groups in total. The number of thioether (sulfide) groups is 1. The van der Waals surface area contributed by atoms with Gasteiger partial charge in [-0.15, -0.1) is 11.8 Å². The van der Waals surface area contributed by atoms with Crippen LogP contribution in [-0.4, -0.2) is 16.1 Å². The first-order chi connectivity index (χ1) is 8.79. The van der Waals surface area contributed by atoms with Crippen LogP contribution in [0.3, 0.4) is 0 Å². The predicted molar refractivity (Wildman–Crippen MR) is 76.6 cm³/mol. The van der Waals surface area contributed by atoms with E-state index in [1.807, 2.05) is 31.3 Å². The summed E-state index contributed by atoms with van der Waals surface area (Å²) in [5, 5.41) is 3.33. The first-order valence-corrected chi connectivity index (χ1v) is 7.16. The number of benzene rings is 1. The summed E-state index contributed by atoms with van der Waals surface area (Å²) in [5.41, 5.74) is 2.58. The zero-order chi connectivity index (χ0) is 12.8. The van der Waals surface area contributed by atoms with Gasteiger partial charge >= 0.3 is 0 Å². The third-order valence-electron chi connectivity index (χ3n) is 2.81. The number of nitrogens with one attached hydrogen (secondary N) is 1. The lowest BCUT2D eigenvalue weighted by atomic mass is 10.2. The molecule has 0 aliphatic heterocycles. The second-order valence-corrected chi connectivity index (χ2v) is 5.26. The Morgan fingerprint density at radius 1 is 1.28 bits per heavy atom. The molecular weight excluding hydrogens is 242 g/mol. The molecule has 0 unspecified atom stereocenters. The minimum Gasteiger partial charge on any atom is -0.337 e. The van der Waals surface area contributed by atoms with Gasteiger partial charge in [0.2, 0.25) is 0 Å². The first kappa shape index (κ1) is 13.2. The summed E-state index contributed by atoms with van der Waals surface area (Å²) in [6.07, 6.45) is 3.77. The van der Waals surface area contributed by atoms with Gasteiger partial charge in [0.05, 0.1) is 6.33 Å². The molecule has 2 rings (SSSR count). The standard InChI is InChI=1S/C14H19N3S/c1-3-15-8-12-4-6-14(7-5-12)18-10-13-9-16-11-17(13)2/h4-7,9,11,15H,3,8,10H2,1-2H3. The fraction of sp³-hybridized carbons (Fsp3) is 0.357. The van der Waals surface area contributed by atoms with Crippen molar-refractivity contribution in [2.24, 2.45) is 7.05 Å². The zero-order valence-corrected chi connectivity index (χ0v) is 11.7. The zero-order valence-electron chi connectivity index (χ0n) is 10.9. The number of rotatable bonds is 6. The monoisotopic (exact) mass is 261 g/mol. The second-order valence-electron chi connectivity index (χ2n) is 4.21. The summed E-state index contributed by atoms with van der Waals surface area (Å²) in [7, 11) is 2.03. The molecule has 0 aliphatic carbocycles. The molecule has 2 aromatic rings. The molecule has 0 saturated carbocycles. The Hall–Kier alpha value is -1.26. The van der Waals surface area contributed by atoms with Crippen LogP contribution >= 0.6 is 11.8 Å². The molecular formula is C14H19N3S. The van der Waals surface area contributed by atoms with Crippen LogP contribution in [0.2, 0.25) is 0 Å². The second kappa shape index (κ2) is 6.61. The summed E-state index contributed by atoms with van der Waals surface area (Å²) in [6, 6.07) is 8.75. The smallest absolute Gasteiger partial charge is 0.0945 e.